The van der Waals surface area contributed by atoms with E-state index in [0.717, 1.165) is 54.3 Å². The molecule has 0 bridgehead atoms. The molecule has 1 aliphatic rings. The van der Waals surface area contributed by atoms with Crippen molar-refractivity contribution in [2.75, 3.05) is 36.0 Å². The summed E-state index contributed by atoms with van der Waals surface area (Å²) in [5, 5.41) is 1.15. The summed E-state index contributed by atoms with van der Waals surface area (Å²) in [7, 11) is 0. The van der Waals surface area contributed by atoms with Gasteiger partial charge in [-0.1, -0.05) is 0 Å². The third-order valence-corrected chi connectivity index (χ3v) is 5.48. The van der Waals surface area contributed by atoms with Gasteiger partial charge in [-0.2, -0.15) is 0 Å². The molecule has 2 aromatic rings. The van der Waals surface area contributed by atoms with E-state index in [4.69, 9.17) is 0 Å². The molecule has 5 nitrogen and oxygen atoms in total. The number of thiazole rings is 1. The van der Waals surface area contributed by atoms with Crippen molar-refractivity contribution >= 4 is 22.3 Å². The predicted octanol–water partition coefficient (Wildman–Crippen LogP) is 2.80. The molecule has 0 aromatic carbocycles. The van der Waals surface area contributed by atoms with Gasteiger partial charge in [-0.15, -0.1) is 11.3 Å². The van der Waals surface area contributed by atoms with Crippen LogP contribution in [0.3, 0.4) is 0 Å². The Hall–Kier alpha value is -1.69. The van der Waals surface area contributed by atoms with E-state index in [1.165, 1.54) is 10.4 Å². The Balaban J connectivity index is 1.74. The molecule has 0 amide bonds. The van der Waals surface area contributed by atoms with E-state index in [1.807, 2.05) is 6.92 Å². The molecule has 0 spiro atoms. The lowest BCUT2D eigenvalue weighted by atomic mass is 10.2. The van der Waals surface area contributed by atoms with Gasteiger partial charge < -0.3 is 9.80 Å². The normalized spacial score (nSPS) is 15.5. The second-order valence-corrected chi connectivity index (χ2v) is 7.10. The van der Waals surface area contributed by atoms with Crippen molar-refractivity contribution in [3.05, 3.63) is 27.7 Å². The number of aryl methyl sites for hydroxylation is 4. The summed E-state index contributed by atoms with van der Waals surface area (Å²) in [6.45, 7) is 14.3. The van der Waals surface area contributed by atoms with Crippen molar-refractivity contribution in [3.8, 4) is 0 Å². The zero-order chi connectivity index (χ0) is 15.9. The quantitative estimate of drug-likeness (QED) is 0.852. The third-order valence-electron chi connectivity index (χ3n) is 4.34. The summed E-state index contributed by atoms with van der Waals surface area (Å²) in [5.74, 6) is 1.95. The van der Waals surface area contributed by atoms with Crippen LogP contribution in [0, 0.1) is 34.6 Å². The fourth-order valence-electron chi connectivity index (χ4n) is 2.76. The molecule has 0 radical (unpaired) electrons. The number of nitrogens with zero attached hydrogens (tertiary/aromatic N) is 5. The number of aromatic nitrogens is 3. The Morgan fingerprint density at radius 3 is 2.00 bits per heavy atom. The maximum atomic E-state index is 4.68. The SMILES string of the molecule is Cc1nc(C)c(C)c(N2CCN(c3nc(C)c(C)s3)CC2)n1. The van der Waals surface area contributed by atoms with Crippen LogP contribution in [0.15, 0.2) is 0 Å². The highest BCUT2D eigenvalue weighted by atomic mass is 32.1. The van der Waals surface area contributed by atoms with Gasteiger partial charge in [-0.05, 0) is 34.6 Å². The fraction of sp³-hybridized carbons (Fsp3) is 0.562. The van der Waals surface area contributed by atoms with E-state index in [9.17, 15) is 0 Å². The molecular weight excluding hydrogens is 294 g/mol. The topological polar surface area (TPSA) is 45.2 Å². The number of hydrogen-bond acceptors (Lipinski definition) is 6. The first kappa shape index (κ1) is 15.2. The zero-order valence-electron chi connectivity index (χ0n) is 14.0. The van der Waals surface area contributed by atoms with E-state index in [2.05, 4.69) is 52.4 Å². The van der Waals surface area contributed by atoms with Crippen molar-refractivity contribution in [2.45, 2.75) is 34.6 Å². The largest absolute Gasteiger partial charge is 0.353 e. The van der Waals surface area contributed by atoms with Crippen molar-refractivity contribution in [2.24, 2.45) is 0 Å². The van der Waals surface area contributed by atoms with Gasteiger partial charge >= 0.3 is 0 Å². The number of piperazine rings is 1. The Bertz CT molecular complexity index is 667. The molecule has 1 aliphatic heterocycles. The molecule has 0 aliphatic carbocycles. The molecule has 2 aromatic heterocycles. The van der Waals surface area contributed by atoms with Crippen LogP contribution < -0.4 is 9.80 Å². The molecule has 3 rings (SSSR count). The van der Waals surface area contributed by atoms with Crippen LogP contribution in [0.2, 0.25) is 0 Å². The lowest BCUT2D eigenvalue weighted by molar-refractivity contribution is 0.641. The molecule has 3 heterocycles. The number of hydrogen-bond donors (Lipinski definition) is 0. The van der Waals surface area contributed by atoms with Gasteiger partial charge in [0.1, 0.15) is 11.6 Å². The first-order valence-corrected chi connectivity index (χ1v) is 8.53. The average Bonchev–Trinajstić information content (AvgIpc) is 2.83. The standard InChI is InChI=1S/C16H23N5S/c1-10-11(2)17-14(5)19-15(10)20-6-8-21(9-7-20)16-18-12(3)13(4)22-16/h6-9H2,1-5H3. The molecule has 0 atom stereocenters. The van der Waals surface area contributed by atoms with Crippen LogP contribution in [-0.4, -0.2) is 41.1 Å². The highest BCUT2D eigenvalue weighted by molar-refractivity contribution is 7.15. The van der Waals surface area contributed by atoms with Crippen molar-refractivity contribution < 1.29 is 0 Å². The molecule has 1 fully saturated rings. The average molecular weight is 317 g/mol. The van der Waals surface area contributed by atoms with E-state index in [0.29, 0.717) is 0 Å². The Morgan fingerprint density at radius 2 is 1.41 bits per heavy atom. The van der Waals surface area contributed by atoms with Crippen LogP contribution in [0.1, 0.15) is 27.7 Å². The van der Waals surface area contributed by atoms with Gasteiger partial charge in [0.15, 0.2) is 5.13 Å². The second kappa shape index (κ2) is 5.83. The first-order chi connectivity index (χ1) is 10.5. The van der Waals surface area contributed by atoms with Crippen LogP contribution in [0.5, 0.6) is 0 Å². The number of rotatable bonds is 2. The smallest absolute Gasteiger partial charge is 0.185 e. The highest BCUT2D eigenvalue weighted by Gasteiger charge is 2.22. The van der Waals surface area contributed by atoms with Gasteiger partial charge in [0.05, 0.1) is 5.69 Å². The summed E-state index contributed by atoms with van der Waals surface area (Å²) in [6, 6.07) is 0. The highest BCUT2D eigenvalue weighted by Crippen LogP contribution is 2.27. The maximum Gasteiger partial charge on any atom is 0.185 e. The first-order valence-electron chi connectivity index (χ1n) is 7.71. The summed E-state index contributed by atoms with van der Waals surface area (Å²) in [5.41, 5.74) is 3.43. The zero-order valence-corrected chi connectivity index (χ0v) is 14.8. The van der Waals surface area contributed by atoms with E-state index in [-0.39, 0.29) is 0 Å². The lowest BCUT2D eigenvalue weighted by Gasteiger charge is -2.36. The molecule has 22 heavy (non-hydrogen) atoms. The van der Waals surface area contributed by atoms with Gasteiger partial charge in [0.2, 0.25) is 0 Å². The maximum absolute atomic E-state index is 4.68. The summed E-state index contributed by atoms with van der Waals surface area (Å²) in [6.07, 6.45) is 0. The van der Waals surface area contributed by atoms with Crippen molar-refractivity contribution in [3.63, 3.8) is 0 Å². The molecule has 6 heteroatoms. The van der Waals surface area contributed by atoms with Crippen LogP contribution in [-0.2, 0) is 0 Å². The molecular formula is C16H23N5S. The van der Waals surface area contributed by atoms with Crippen LogP contribution >= 0.6 is 11.3 Å². The second-order valence-electron chi connectivity index (χ2n) is 5.92. The Kier molecular flexibility index (Phi) is 4.04. The fourth-order valence-corrected chi connectivity index (χ4v) is 3.72. The minimum absolute atomic E-state index is 0.853. The molecule has 0 unspecified atom stereocenters. The lowest BCUT2D eigenvalue weighted by Crippen LogP contribution is -2.47. The van der Waals surface area contributed by atoms with Gasteiger partial charge in [0, 0.05) is 42.3 Å². The van der Waals surface area contributed by atoms with E-state index < -0.39 is 0 Å². The molecule has 1 saturated heterocycles. The monoisotopic (exact) mass is 317 g/mol. The Morgan fingerprint density at radius 1 is 0.773 bits per heavy atom. The van der Waals surface area contributed by atoms with Crippen LogP contribution in [0.25, 0.3) is 0 Å². The third kappa shape index (κ3) is 2.79. The van der Waals surface area contributed by atoms with Gasteiger partial charge in [-0.3, -0.25) is 0 Å². The van der Waals surface area contributed by atoms with Crippen LogP contribution in [0.4, 0.5) is 10.9 Å². The van der Waals surface area contributed by atoms with Crippen molar-refractivity contribution in [1.82, 2.24) is 15.0 Å². The molecule has 118 valence electrons. The molecule has 0 N–H and O–H groups in total. The van der Waals surface area contributed by atoms with Crippen molar-refractivity contribution in [1.29, 1.82) is 0 Å². The van der Waals surface area contributed by atoms with E-state index >= 15 is 0 Å². The van der Waals surface area contributed by atoms with Gasteiger partial charge in [0.25, 0.3) is 0 Å². The predicted molar refractivity (Wildman–Crippen MR) is 92.3 cm³/mol. The summed E-state index contributed by atoms with van der Waals surface area (Å²) in [4.78, 5) is 19.9. The number of anilines is 2. The molecule has 0 saturated carbocycles. The summed E-state index contributed by atoms with van der Waals surface area (Å²) >= 11 is 1.80. The minimum atomic E-state index is 0.853. The van der Waals surface area contributed by atoms with Gasteiger partial charge in [-0.25, -0.2) is 15.0 Å². The Labute approximate surface area is 136 Å². The van der Waals surface area contributed by atoms with E-state index in [1.54, 1.807) is 11.3 Å². The minimum Gasteiger partial charge on any atom is -0.353 e. The summed E-state index contributed by atoms with van der Waals surface area (Å²) < 4.78 is 0.